The molecule has 6 heteroatoms. The molecule has 2 aromatic heterocycles. The third kappa shape index (κ3) is 4.77. The fourth-order valence-corrected chi connectivity index (χ4v) is 4.61. The fourth-order valence-electron chi connectivity index (χ4n) is 2.86. The van der Waals surface area contributed by atoms with Crippen molar-refractivity contribution in [3.05, 3.63) is 59.2 Å². The summed E-state index contributed by atoms with van der Waals surface area (Å²) in [4.78, 5) is 14.5. The van der Waals surface area contributed by atoms with Gasteiger partial charge in [-0.2, -0.15) is 5.10 Å². The molecule has 3 aromatic rings. The SMILES string of the molecule is Cc1nn(CCNC(=O)CCSc2ccccc2)c(C)c1-c1cccs1. The van der Waals surface area contributed by atoms with Crippen LogP contribution in [0, 0.1) is 13.8 Å². The number of hydrogen-bond acceptors (Lipinski definition) is 4. The number of thiophene rings is 1. The van der Waals surface area contributed by atoms with Crippen LogP contribution in [0.3, 0.4) is 0 Å². The number of carbonyl (C=O) groups is 1. The molecule has 0 radical (unpaired) electrons. The van der Waals surface area contributed by atoms with Gasteiger partial charge in [-0.1, -0.05) is 24.3 Å². The predicted octanol–water partition coefficient (Wildman–Crippen LogP) is 4.53. The number of aryl methyl sites for hydroxylation is 1. The van der Waals surface area contributed by atoms with Crippen LogP contribution in [0.4, 0.5) is 0 Å². The van der Waals surface area contributed by atoms with E-state index in [-0.39, 0.29) is 5.91 Å². The van der Waals surface area contributed by atoms with Gasteiger partial charge in [-0.15, -0.1) is 23.1 Å². The number of nitrogens with one attached hydrogen (secondary N) is 1. The number of thioether (sulfide) groups is 1. The zero-order valence-electron chi connectivity index (χ0n) is 15.1. The molecule has 4 nitrogen and oxygen atoms in total. The standard InChI is InChI=1S/C20H23N3OS2/c1-15-20(18-9-6-13-26-18)16(2)23(22-15)12-11-21-19(24)10-14-25-17-7-4-3-5-8-17/h3-9,13H,10-12,14H2,1-2H3,(H,21,24). The smallest absolute Gasteiger partial charge is 0.220 e. The summed E-state index contributed by atoms with van der Waals surface area (Å²) in [5.41, 5.74) is 3.40. The van der Waals surface area contributed by atoms with Crippen LogP contribution in [-0.2, 0) is 11.3 Å². The van der Waals surface area contributed by atoms with Gasteiger partial charge >= 0.3 is 0 Å². The predicted molar refractivity (Wildman–Crippen MR) is 110 cm³/mol. The van der Waals surface area contributed by atoms with Gasteiger partial charge in [0.15, 0.2) is 0 Å². The molecule has 1 amide bonds. The van der Waals surface area contributed by atoms with Crippen LogP contribution in [-0.4, -0.2) is 28.0 Å². The van der Waals surface area contributed by atoms with E-state index in [4.69, 9.17) is 0 Å². The highest BCUT2D eigenvalue weighted by atomic mass is 32.2. The number of carbonyl (C=O) groups excluding carboxylic acids is 1. The van der Waals surface area contributed by atoms with E-state index >= 15 is 0 Å². The Morgan fingerprint density at radius 2 is 2.00 bits per heavy atom. The Morgan fingerprint density at radius 3 is 2.73 bits per heavy atom. The van der Waals surface area contributed by atoms with Crippen molar-refractivity contribution in [1.82, 2.24) is 15.1 Å². The van der Waals surface area contributed by atoms with Gasteiger partial charge in [0.1, 0.15) is 0 Å². The van der Waals surface area contributed by atoms with Gasteiger partial charge in [0.2, 0.25) is 5.91 Å². The van der Waals surface area contributed by atoms with Crippen LogP contribution < -0.4 is 5.32 Å². The van der Waals surface area contributed by atoms with Gasteiger partial charge in [0.25, 0.3) is 0 Å². The molecule has 0 aliphatic rings. The highest BCUT2D eigenvalue weighted by Crippen LogP contribution is 2.30. The van der Waals surface area contributed by atoms with E-state index in [2.05, 4.69) is 47.0 Å². The van der Waals surface area contributed by atoms with Crippen LogP contribution in [0.25, 0.3) is 10.4 Å². The Hall–Kier alpha value is -2.05. The molecule has 0 atom stereocenters. The zero-order chi connectivity index (χ0) is 18.4. The number of amides is 1. The van der Waals surface area contributed by atoms with Crippen molar-refractivity contribution in [2.75, 3.05) is 12.3 Å². The average molecular weight is 386 g/mol. The summed E-state index contributed by atoms with van der Waals surface area (Å²) in [6.45, 7) is 5.42. The maximum Gasteiger partial charge on any atom is 0.220 e. The van der Waals surface area contributed by atoms with Gasteiger partial charge in [-0.05, 0) is 37.4 Å². The highest BCUT2D eigenvalue weighted by Gasteiger charge is 2.14. The van der Waals surface area contributed by atoms with E-state index in [1.54, 1.807) is 23.1 Å². The zero-order valence-corrected chi connectivity index (χ0v) is 16.7. The first kappa shape index (κ1) is 18.7. The van der Waals surface area contributed by atoms with Crippen molar-refractivity contribution in [3.63, 3.8) is 0 Å². The molecule has 2 heterocycles. The Morgan fingerprint density at radius 1 is 1.19 bits per heavy atom. The number of benzene rings is 1. The van der Waals surface area contributed by atoms with Crippen molar-refractivity contribution >= 4 is 29.0 Å². The lowest BCUT2D eigenvalue weighted by molar-refractivity contribution is -0.120. The van der Waals surface area contributed by atoms with Crippen LogP contribution in [0.1, 0.15) is 17.8 Å². The monoisotopic (exact) mass is 385 g/mol. The number of rotatable bonds is 8. The molecule has 0 saturated carbocycles. The molecule has 0 unspecified atom stereocenters. The lowest BCUT2D eigenvalue weighted by atomic mass is 10.1. The Balaban J connectivity index is 1.45. The lowest BCUT2D eigenvalue weighted by Gasteiger charge is -2.07. The van der Waals surface area contributed by atoms with E-state index in [1.165, 1.54) is 15.3 Å². The average Bonchev–Trinajstić information content (AvgIpc) is 3.24. The molecule has 3 rings (SSSR count). The van der Waals surface area contributed by atoms with Gasteiger partial charge in [-0.25, -0.2) is 0 Å². The molecule has 0 aliphatic carbocycles. The summed E-state index contributed by atoms with van der Waals surface area (Å²) in [6, 6.07) is 14.3. The van der Waals surface area contributed by atoms with Gasteiger partial charge in [0, 0.05) is 39.7 Å². The van der Waals surface area contributed by atoms with Crippen LogP contribution in [0.15, 0.2) is 52.7 Å². The second-order valence-corrected chi connectivity index (χ2v) is 8.12. The third-order valence-corrected chi connectivity index (χ3v) is 6.04. The maximum absolute atomic E-state index is 12.0. The molecule has 26 heavy (non-hydrogen) atoms. The first-order valence-electron chi connectivity index (χ1n) is 8.67. The molecule has 136 valence electrons. The first-order chi connectivity index (χ1) is 12.6. The van der Waals surface area contributed by atoms with Crippen molar-refractivity contribution in [1.29, 1.82) is 0 Å². The van der Waals surface area contributed by atoms with Crippen molar-refractivity contribution in [2.45, 2.75) is 31.7 Å². The fraction of sp³-hybridized carbons (Fsp3) is 0.300. The van der Waals surface area contributed by atoms with Crippen molar-refractivity contribution in [2.24, 2.45) is 0 Å². The molecule has 1 aromatic carbocycles. The summed E-state index contributed by atoms with van der Waals surface area (Å²) >= 11 is 3.44. The molecule has 0 spiro atoms. The minimum Gasteiger partial charge on any atom is -0.354 e. The lowest BCUT2D eigenvalue weighted by Crippen LogP contribution is -2.28. The van der Waals surface area contributed by atoms with Crippen LogP contribution in [0.2, 0.25) is 0 Å². The number of nitrogens with zero attached hydrogens (tertiary/aromatic N) is 2. The maximum atomic E-state index is 12.0. The third-order valence-electron chi connectivity index (χ3n) is 4.14. The van der Waals surface area contributed by atoms with E-state index in [0.29, 0.717) is 19.5 Å². The second kappa shape index (κ2) is 9.05. The molecular weight excluding hydrogens is 362 g/mol. The number of aromatic nitrogens is 2. The first-order valence-corrected chi connectivity index (χ1v) is 10.5. The van der Waals surface area contributed by atoms with E-state index in [9.17, 15) is 4.79 Å². The summed E-state index contributed by atoms with van der Waals surface area (Å²) in [7, 11) is 0. The van der Waals surface area contributed by atoms with Gasteiger partial charge in [0.05, 0.1) is 12.2 Å². The minimum absolute atomic E-state index is 0.0912. The molecule has 0 fully saturated rings. The molecule has 0 bridgehead atoms. The normalized spacial score (nSPS) is 10.8. The van der Waals surface area contributed by atoms with E-state index < -0.39 is 0 Å². The van der Waals surface area contributed by atoms with Crippen molar-refractivity contribution in [3.8, 4) is 10.4 Å². The number of hydrogen-bond donors (Lipinski definition) is 1. The molecule has 0 saturated heterocycles. The molecular formula is C20H23N3OS2. The highest BCUT2D eigenvalue weighted by molar-refractivity contribution is 7.99. The minimum atomic E-state index is 0.0912. The van der Waals surface area contributed by atoms with E-state index in [0.717, 1.165) is 17.1 Å². The van der Waals surface area contributed by atoms with Crippen LogP contribution in [0.5, 0.6) is 0 Å². The Labute approximate surface area is 162 Å². The summed E-state index contributed by atoms with van der Waals surface area (Å²) in [5.74, 6) is 0.881. The summed E-state index contributed by atoms with van der Waals surface area (Å²) in [6.07, 6.45) is 0.525. The Kier molecular flexibility index (Phi) is 6.52. The molecule has 1 N–H and O–H groups in total. The van der Waals surface area contributed by atoms with E-state index in [1.807, 2.05) is 29.8 Å². The second-order valence-electron chi connectivity index (χ2n) is 6.01. The summed E-state index contributed by atoms with van der Waals surface area (Å²) < 4.78 is 1.99. The van der Waals surface area contributed by atoms with Crippen LogP contribution >= 0.6 is 23.1 Å². The molecule has 0 aliphatic heterocycles. The van der Waals surface area contributed by atoms with Gasteiger partial charge in [-0.3, -0.25) is 9.48 Å². The largest absolute Gasteiger partial charge is 0.354 e. The topological polar surface area (TPSA) is 46.9 Å². The van der Waals surface area contributed by atoms with Gasteiger partial charge < -0.3 is 5.32 Å². The van der Waals surface area contributed by atoms with Crippen molar-refractivity contribution < 1.29 is 4.79 Å². The quantitative estimate of drug-likeness (QED) is 0.580. The summed E-state index contributed by atoms with van der Waals surface area (Å²) in [5, 5.41) is 9.71. The Bertz CT molecular complexity index is 842.